The summed E-state index contributed by atoms with van der Waals surface area (Å²) >= 11 is 0. The smallest absolute Gasteiger partial charge is 0.308 e. The number of carbonyl (C=O) groups is 3. The fourth-order valence-corrected chi connectivity index (χ4v) is 2.67. The summed E-state index contributed by atoms with van der Waals surface area (Å²) in [5, 5.41) is 14.9. The molecule has 2 rings (SSSR count). The number of carboxylic acid groups (broad SMARTS) is 1. The minimum Gasteiger partial charge on any atom is -0.481 e. The molecule has 0 aromatic heterocycles. The second-order valence-electron chi connectivity index (χ2n) is 6.33. The van der Waals surface area contributed by atoms with Gasteiger partial charge in [0, 0.05) is 17.7 Å². The molecule has 0 aliphatic heterocycles. The number of amides is 2. The van der Waals surface area contributed by atoms with Crippen molar-refractivity contribution in [2.24, 2.45) is 5.92 Å². The van der Waals surface area contributed by atoms with Crippen molar-refractivity contribution >= 4 is 17.8 Å². The zero-order valence-electron chi connectivity index (χ0n) is 15.4. The Kier molecular flexibility index (Phi) is 7.11. The van der Waals surface area contributed by atoms with E-state index in [1.165, 1.54) is 6.07 Å². The van der Waals surface area contributed by atoms with Crippen molar-refractivity contribution in [1.29, 1.82) is 0 Å². The zero-order chi connectivity index (χ0) is 19.8. The van der Waals surface area contributed by atoms with Gasteiger partial charge in [-0.25, -0.2) is 0 Å². The molecule has 0 bridgehead atoms. The number of hydrogen-bond donors (Lipinski definition) is 3. The van der Waals surface area contributed by atoms with E-state index in [-0.39, 0.29) is 5.91 Å². The molecule has 0 aliphatic carbocycles. The maximum absolute atomic E-state index is 12.7. The third kappa shape index (κ3) is 5.41. The third-order valence-corrected chi connectivity index (χ3v) is 4.26. The second kappa shape index (κ2) is 9.52. The SMILES string of the molecule is CCCNC(=O)c1cccc(C(=O)NC(c2ccccc2)C(C)C(=O)O)c1. The number of carbonyl (C=O) groups excluding carboxylic acids is 2. The van der Waals surface area contributed by atoms with Gasteiger partial charge >= 0.3 is 5.97 Å². The van der Waals surface area contributed by atoms with Crippen LogP contribution < -0.4 is 10.6 Å². The minimum atomic E-state index is -1.00. The zero-order valence-corrected chi connectivity index (χ0v) is 15.4. The van der Waals surface area contributed by atoms with Crippen molar-refractivity contribution in [2.75, 3.05) is 6.54 Å². The lowest BCUT2D eigenvalue weighted by molar-refractivity contribution is -0.142. The van der Waals surface area contributed by atoms with Gasteiger partial charge in [-0.3, -0.25) is 14.4 Å². The van der Waals surface area contributed by atoms with Crippen LogP contribution in [0.4, 0.5) is 0 Å². The van der Waals surface area contributed by atoms with E-state index in [1.807, 2.05) is 13.0 Å². The normalized spacial score (nSPS) is 12.7. The summed E-state index contributed by atoms with van der Waals surface area (Å²) in [5.41, 5.74) is 1.40. The summed E-state index contributed by atoms with van der Waals surface area (Å²) in [4.78, 5) is 36.3. The van der Waals surface area contributed by atoms with Crippen molar-refractivity contribution in [3.8, 4) is 0 Å². The lowest BCUT2D eigenvalue weighted by Gasteiger charge is -2.23. The summed E-state index contributed by atoms with van der Waals surface area (Å²) in [6.45, 7) is 4.06. The highest BCUT2D eigenvalue weighted by Crippen LogP contribution is 2.23. The van der Waals surface area contributed by atoms with Crippen LogP contribution in [0.1, 0.15) is 52.6 Å². The van der Waals surface area contributed by atoms with Gasteiger partial charge in [0.25, 0.3) is 11.8 Å². The Morgan fingerprint density at radius 1 is 0.963 bits per heavy atom. The number of carboxylic acids is 1. The van der Waals surface area contributed by atoms with Crippen LogP contribution in [0.25, 0.3) is 0 Å². The first kappa shape index (κ1) is 20.2. The van der Waals surface area contributed by atoms with Crippen molar-refractivity contribution in [3.63, 3.8) is 0 Å². The Morgan fingerprint density at radius 2 is 1.59 bits per heavy atom. The Bertz CT molecular complexity index is 805. The average molecular weight is 368 g/mol. The number of benzene rings is 2. The highest BCUT2D eigenvalue weighted by atomic mass is 16.4. The molecule has 0 radical (unpaired) electrons. The van der Waals surface area contributed by atoms with E-state index in [4.69, 9.17) is 0 Å². The summed E-state index contributed by atoms with van der Waals surface area (Å²) in [5.74, 6) is -2.49. The Morgan fingerprint density at radius 3 is 2.19 bits per heavy atom. The van der Waals surface area contributed by atoms with Crippen molar-refractivity contribution in [3.05, 3.63) is 71.3 Å². The summed E-state index contributed by atoms with van der Waals surface area (Å²) in [7, 11) is 0. The molecule has 3 N–H and O–H groups in total. The first-order valence-corrected chi connectivity index (χ1v) is 8.91. The molecule has 0 saturated heterocycles. The number of hydrogen-bond acceptors (Lipinski definition) is 3. The van der Waals surface area contributed by atoms with Gasteiger partial charge < -0.3 is 15.7 Å². The molecule has 27 heavy (non-hydrogen) atoms. The Labute approximate surface area is 158 Å². The molecule has 142 valence electrons. The van der Waals surface area contributed by atoms with Gasteiger partial charge in [0.1, 0.15) is 0 Å². The van der Waals surface area contributed by atoms with Gasteiger partial charge in [-0.15, -0.1) is 0 Å². The van der Waals surface area contributed by atoms with Crippen LogP contribution in [0.15, 0.2) is 54.6 Å². The second-order valence-corrected chi connectivity index (χ2v) is 6.33. The van der Waals surface area contributed by atoms with Gasteiger partial charge in [-0.05, 0) is 37.1 Å². The third-order valence-electron chi connectivity index (χ3n) is 4.26. The van der Waals surface area contributed by atoms with Gasteiger partial charge in [-0.1, -0.05) is 43.3 Å². The minimum absolute atomic E-state index is 0.245. The van der Waals surface area contributed by atoms with E-state index in [1.54, 1.807) is 49.4 Å². The molecule has 0 saturated carbocycles. The largest absolute Gasteiger partial charge is 0.481 e. The van der Waals surface area contributed by atoms with E-state index in [0.717, 1.165) is 6.42 Å². The Hall–Kier alpha value is -3.15. The van der Waals surface area contributed by atoms with Crippen LogP contribution in [-0.4, -0.2) is 29.4 Å². The predicted octanol–water partition coefficient (Wildman–Crippen LogP) is 3.02. The standard InChI is InChI=1S/C21H24N2O4/c1-3-12-22-19(24)16-10-7-11-17(13-16)20(25)23-18(14(2)21(26)27)15-8-5-4-6-9-15/h4-11,13-14,18H,3,12H2,1-2H3,(H,22,24)(H,23,25)(H,26,27). The molecule has 0 fully saturated rings. The monoisotopic (exact) mass is 368 g/mol. The average Bonchev–Trinajstić information content (AvgIpc) is 2.70. The van der Waals surface area contributed by atoms with E-state index in [2.05, 4.69) is 10.6 Å². The molecular formula is C21H24N2O4. The molecular weight excluding hydrogens is 344 g/mol. The van der Waals surface area contributed by atoms with E-state index < -0.39 is 23.8 Å². The van der Waals surface area contributed by atoms with Crippen LogP contribution in [0.5, 0.6) is 0 Å². The molecule has 0 aliphatic rings. The summed E-state index contributed by atoms with van der Waals surface area (Å²) < 4.78 is 0. The lowest BCUT2D eigenvalue weighted by Crippen LogP contribution is -2.35. The number of nitrogens with one attached hydrogen (secondary N) is 2. The Balaban J connectivity index is 2.22. The van der Waals surface area contributed by atoms with Crippen LogP contribution in [-0.2, 0) is 4.79 Å². The van der Waals surface area contributed by atoms with Crippen LogP contribution in [0.3, 0.4) is 0 Å². The lowest BCUT2D eigenvalue weighted by atomic mass is 9.94. The molecule has 0 spiro atoms. The van der Waals surface area contributed by atoms with Gasteiger partial charge in [0.05, 0.1) is 12.0 Å². The molecule has 2 atom stereocenters. The molecule has 2 amide bonds. The maximum Gasteiger partial charge on any atom is 0.308 e. The highest BCUT2D eigenvalue weighted by Gasteiger charge is 2.27. The quantitative estimate of drug-likeness (QED) is 0.667. The van der Waals surface area contributed by atoms with Crippen LogP contribution in [0.2, 0.25) is 0 Å². The summed E-state index contributed by atoms with van der Waals surface area (Å²) in [6, 6.07) is 14.7. The molecule has 6 heteroatoms. The number of aliphatic carboxylic acids is 1. The molecule has 6 nitrogen and oxygen atoms in total. The molecule has 0 heterocycles. The molecule has 2 unspecified atom stereocenters. The van der Waals surface area contributed by atoms with Gasteiger partial charge in [-0.2, -0.15) is 0 Å². The van der Waals surface area contributed by atoms with Crippen LogP contribution >= 0.6 is 0 Å². The first-order valence-electron chi connectivity index (χ1n) is 8.91. The van der Waals surface area contributed by atoms with Crippen molar-refractivity contribution in [1.82, 2.24) is 10.6 Å². The number of rotatable bonds is 8. The fourth-order valence-electron chi connectivity index (χ4n) is 2.67. The van der Waals surface area contributed by atoms with E-state index in [9.17, 15) is 19.5 Å². The topological polar surface area (TPSA) is 95.5 Å². The molecule has 2 aromatic carbocycles. The van der Waals surface area contributed by atoms with Gasteiger partial charge in [0.2, 0.25) is 0 Å². The van der Waals surface area contributed by atoms with E-state index >= 15 is 0 Å². The van der Waals surface area contributed by atoms with Crippen LogP contribution in [0, 0.1) is 5.92 Å². The fraction of sp³-hybridized carbons (Fsp3) is 0.286. The maximum atomic E-state index is 12.7. The van der Waals surface area contributed by atoms with Crippen molar-refractivity contribution in [2.45, 2.75) is 26.3 Å². The molecule has 2 aromatic rings. The predicted molar refractivity (Wildman–Crippen MR) is 103 cm³/mol. The van der Waals surface area contributed by atoms with Gasteiger partial charge in [0.15, 0.2) is 0 Å². The van der Waals surface area contributed by atoms with Crippen molar-refractivity contribution < 1.29 is 19.5 Å². The van der Waals surface area contributed by atoms with E-state index in [0.29, 0.717) is 23.2 Å². The first-order chi connectivity index (χ1) is 12.9. The highest BCUT2D eigenvalue weighted by molar-refractivity contribution is 5.99. The summed E-state index contributed by atoms with van der Waals surface area (Å²) in [6.07, 6.45) is 0.817.